The van der Waals surface area contributed by atoms with Gasteiger partial charge in [-0.3, -0.25) is 0 Å². The summed E-state index contributed by atoms with van der Waals surface area (Å²) in [5.41, 5.74) is 1.39. The largest absolute Gasteiger partial charge is 0.491 e. The fraction of sp³-hybridized carbons (Fsp3) is 0.267. The molecule has 0 aliphatic carbocycles. The number of esters is 1. The zero-order chi connectivity index (χ0) is 15.7. The van der Waals surface area contributed by atoms with Gasteiger partial charge in [0, 0.05) is 10.0 Å². The van der Waals surface area contributed by atoms with E-state index in [0.717, 1.165) is 14.9 Å². The van der Waals surface area contributed by atoms with Gasteiger partial charge < -0.3 is 9.47 Å². The molecule has 22 heavy (non-hydrogen) atoms. The van der Waals surface area contributed by atoms with Crippen molar-refractivity contribution in [3.8, 4) is 23.1 Å². The van der Waals surface area contributed by atoms with E-state index in [1.54, 1.807) is 6.92 Å². The summed E-state index contributed by atoms with van der Waals surface area (Å²) in [4.78, 5) is 17.1. The number of halogens is 1. The molecule has 2 aromatic rings. The van der Waals surface area contributed by atoms with E-state index in [1.807, 2.05) is 18.2 Å². The Labute approximate surface area is 139 Å². The lowest BCUT2D eigenvalue weighted by molar-refractivity contribution is 0.0526. The van der Waals surface area contributed by atoms with Crippen LogP contribution < -0.4 is 4.74 Å². The van der Waals surface area contributed by atoms with E-state index < -0.39 is 11.9 Å². The van der Waals surface area contributed by atoms with Gasteiger partial charge in [0.05, 0.1) is 23.2 Å². The summed E-state index contributed by atoms with van der Waals surface area (Å²) in [6.07, 6.45) is 0. The average Bonchev–Trinajstić information content (AvgIpc) is 2.89. The van der Waals surface area contributed by atoms with Crippen LogP contribution in [0.2, 0.25) is 0 Å². The number of benzene rings is 1. The first-order valence-corrected chi connectivity index (χ1v) is 8.25. The van der Waals surface area contributed by atoms with Crippen molar-refractivity contribution in [1.82, 2.24) is 4.98 Å². The molecule has 1 unspecified atom stereocenters. The number of fused-ring (bicyclic) bond motifs is 3. The third-order valence-electron chi connectivity index (χ3n) is 3.18. The predicted octanol–water partition coefficient (Wildman–Crippen LogP) is 3.75. The van der Waals surface area contributed by atoms with Gasteiger partial charge in [0.15, 0.2) is 0 Å². The molecule has 5 nitrogen and oxygen atoms in total. The molecule has 0 radical (unpaired) electrons. The Bertz CT molecular complexity index is 782. The van der Waals surface area contributed by atoms with Crippen LogP contribution in [-0.2, 0) is 4.74 Å². The second kappa shape index (κ2) is 6.07. The minimum atomic E-state index is -0.463. The fourth-order valence-corrected chi connectivity index (χ4v) is 3.56. The molecule has 7 heteroatoms. The standard InChI is InChI=1S/C15H11BrN2O3S/c1-2-20-15(19)14-18-12-10-5-9(16)3-4-11(10)21-7-8(6-17)13(12)22-14/h3-5,8H,2,7H2,1H3. The lowest BCUT2D eigenvalue weighted by Gasteiger charge is -2.07. The van der Waals surface area contributed by atoms with Crippen LogP contribution in [0.15, 0.2) is 22.7 Å². The van der Waals surface area contributed by atoms with Crippen molar-refractivity contribution in [1.29, 1.82) is 5.26 Å². The van der Waals surface area contributed by atoms with Gasteiger partial charge in [-0.2, -0.15) is 5.26 Å². The van der Waals surface area contributed by atoms with Gasteiger partial charge in [0.1, 0.15) is 18.3 Å². The zero-order valence-electron chi connectivity index (χ0n) is 11.6. The molecule has 1 aromatic carbocycles. The highest BCUT2D eigenvalue weighted by atomic mass is 79.9. The molecule has 0 amide bonds. The molecule has 3 rings (SSSR count). The molecule has 0 bridgehead atoms. The first-order chi connectivity index (χ1) is 10.6. The summed E-state index contributed by atoms with van der Waals surface area (Å²) in [5, 5.41) is 9.63. The van der Waals surface area contributed by atoms with Gasteiger partial charge in [0.25, 0.3) is 0 Å². The Balaban J connectivity index is 2.17. The number of rotatable bonds is 2. The second-order valence-corrected chi connectivity index (χ2v) is 6.53. The summed E-state index contributed by atoms with van der Waals surface area (Å²) < 4.78 is 11.6. The number of nitriles is 1. The molecule has 1 aliphatic heterocycles. The molecule has 2 heterocycles. The Kier molecular flexibility index (Phi) is 4.14. The van der Waals surface area contributed by atoms with Gasteiger partial charge in [-0.05, 0) is 25.1 Å². The van der Waals surface area contributed by atoms with Gasteiger partial charge in [-0.1, -0.05) is 15.9 Å². The molecule has 0 N–H and O–H groups in total. The smallest absolute Gasteiger partial charge is 0.367 e. The van der Waals surface area contributed by atoms with E-state index in [2.05, 4.69) is 27.0 Å². The van der Waals surface area contributed by atoms with Crippen LogP contribution in [0.5, 0.6) is 5.75 Å². The number of thiazole rings is 1. The zero-order valence-corrected chi connectivity index (χ0v) is 14.0. The maximum absolute atomic E-state index is 11.9. The van der Waals surface area contributed by atoms with Crippen LogP contribution in [0.4, 0.5) is 0 Å². The molecule has 1 aliphatic rings. The minimum absolute atomic E-state index is 0.239. The maximum Gasteiger partial charge on any atom is 0.367 e. The summed E-state index contributed by atoms with van der Waals surface area (Å²) >= 11 is 4.62. The van der Waals surface area contributed by atoms with Crippen LogP contribution >= 0.6 is 27.3 Å². The van der Waals surface area contributed by atoms with E-state index in [-0.39, 0.29) is 18.2 Å². The highest BCUT2D eigenvalue weighted by Crippen LogP contribution is 2.42. The van der Waals surface area contributed by atoms with Crippen molar-refractivity contribution >= 4 is 33.2 Å². The van der Waals surface area contributed by atoms with Crippen LogP contribution in [0.3, 0.4) is 0 Å². The average molecular weight is 379 g/mol. The molecular formula is C15H11BrN2O3S. The highest BCUT2D eigenvalue weighted by molar-refractivity contribution is 9.10. The van der Waals surface area contributed by atoms with E-state index in [4.69, 9.17) is 9.47 Å². The minimum Gasteiger partial charge on any atom is -0.491 e. The van der Waals surface area contributed by atoms with E-state index in [9.17, 15) is 10.1 Å². The SMILES string of the molecule is CCOC(=O)c1nc2c(s1)C(C#N)COc1ccc(Br)cc1-2. The lowest BCUT2D eigenvalue weighted by Crippen LogP contribution is -2.06. The number of carbonyl (C=O) groups excluding carboxylic acids is 1. The monoisotopic (exact) mass is 378 g/mol. The third-order valence-corrected chi connectivity index (χ3v) is 4.82. The Morgan fingerprint density at radius 1 is 1.64 bits per heavy atom. The molecule has 0 saturated heterocycles. The number of nitrogens with zero attached hydrogens (tertiary/aromatic N) is 2. The van der Waals surface area contributed by atoms with Crippen molar-refractivity contribution in [2.75, 3.05) is 13.2 Å². The van der Waals surface area contributed by atoms with E-state index >= 15 is 0 Å². The van der Waals surface area contributed by atoms with Gasteiger partial charge >= 0.3 is 5.97 Å². The Hall–Kier alpha value is -1.91. The van der Waals surface area contributed by atoms with Gasteiger partial charge in [-0.15, -0.1) is 11.3 Å². The molecule has 0 fully saturated rings. The van der Waals surface area contributed by atoms with Crippen molar-refractivity contribution in [2.24, 2.45) is 0 Å². The number of hydrogen-bond acceptors (Lipinski definition) is 6. The summed E-state index contributed by atoms with van der Waals surface area (Å²) in [6, 6.07) is 7.78. The predicted molar refractivity (Wildman–Crippen MR) is 85.1 cm³/mol. The summed E-state index contributed by atoms with van der Waals surface area (Å²) in [6.45, 7) is 2.27. The quantitative estimate of drug-likeness (QED) is 0.744. The molecule has 0 spiro atoms. The Morgan fingerprint density at radius 3 is 3.18 bits per heavy atom. The first kappa shape index (κ1) is 15.0. The van der Waals surface area contributed by atoms with Crippen LogP contribution in [0.1, 0.15) is 27.5 Å². The molecular weight excluding hydrogens is 368 g/mol. The number of hydrogen-bond donors (Lipinski definition) is 0. The van der Waals surface area contributed by atoms with Crippen molar-refractivity contribution < 1.29 is 14.3 Å². The van der Waals surface area contributed by atoms with Crippen LogP contribution in [0, 0.1) is 11.3 Å². The van der Waals surface area contributed by atoms with Gasteiger partial charge in [0.2, 0.25) is 5.01 Å². The molecule has 112 valence electrons. The van der Waals surface area contributed by atoms with Crippen LogP contribution in [-0.4, -0.2) is 24.2 Å². The summed E-state index contributed by atoms with van der Waals surface area (Å²) in [5.74, 6) is -0.264. The molecule has 0 saturated carbocycles. The lowest BCUT2D eigenvalue weighted by atomic mass is 10.1. The number of ether oxygens (including phenoxy) is 2. The fourth-order valence-electron chi connectivity index (χ4n) is 2.20. The highest BCUT2D eigenvalue weighted by Gasteiger charge is 2.29. The normalized spacial score (nSPS) is 15.8. The van der Waals surface area contributed by atoms with E-state index in [1.165, 1.54) is 11.3 Å². The van der Waals surface area contributed by atoms with E-state index in [0.29, 0.717) is 11.4 Å². The van der Waals surface area contributed by atoms with Gasteiger partial charge in [-0.25, -0.2) is 9.78 Å². The molecule has 1 aromatic heterocycles. The maximum atomic E-state index is 11.9. The number of aromatic nitrogens is 1. The second-order valence-electron chi connectivity index (χ2n) is 4.59. The first-order valence-electron chi connectivity index (χ1n) is 6.64. The number of carbonyl (C=O) groups is 1. The van der Waals surface area contributed by atoms with Crippen molar-refractivity contribution in [3.05, 3.63) is 32.6 Å². The van der Waals surface area contributed by atoms with Crippen LogP contribution in [0.25, 0.3) is 11.3 Å². The Morgan fingerprint density at radius 2 is 2.45 bits per heavy atom. The summed E-state index contributed by atoms with van der Waals surface area (Å²) in [7, 11) is 0. The molecule has 1 atom stereocenters. The van der Waals surface area contributed by atoms with Crippen molar-refractivity contribution in [3.63, 3.8) is 0 Å². The third kappa shape index (κ3) is 2.60. The topological polar surface area (TPSA) is 72.2 Å². The van der Waals surface area contributed by atoms with Crippen molar-refractivity contribution in [2.45, 2.75) is 12.8 Å².